The van der Waals surface area contributed by atoms with Crippen molar-refractivity contribution >= 4 is 24.0 Å². The number of aliphatic hydroxyl groups excluding tert-OH is 4. The standard InChI is InChI=1S/C42H55NO14/c1-21-25(54-36(50)31(47)29(24-16-13-17-52-24)43-37(51)57-38(3,4)5)19-40(8)34(55-35(49)23-14-11-10-12-15-23)32-41(9,33(48)30(46)28(21)39(40,6)7)26(45)18-27-42(32,20-53-27)56-22(2)44/h10-17,25-27,29-34,45-48H,18-20H2,1-9H3,(H,43,51)/t25-,26-,27+,29-,30+,31+,32-,33+,34-,40-,41+,42-/m0/s1. The number of aliphatic hydroxyl groups is 4. The van der Waals surface area contributed by atoms with E-state index in [2.05, 4.69) is 5.32 Å². The fourth-order valence-corrected chi connectivity index (χ4v) is 9.85. The molecule has 3 aliphatic carbocycles. The zero-order valence-corrected chi connectivity index (χ0v) is 33.8. The summed E-state index contributed by atoms with van der Waals surface area (Å²) < 4.78 is 35.6. The number of alkyl carbamates (subject to hydrolysis) is 1. The van der Waals surface area contributed by atoms with E-state index in [0.29, 0.717) is 5.57 Å². The average molecular weight is 798 g/mol. The van der Waals surface area contributed by atoms with Crippen LogP contribution in [0.1, 0.15) is 97.3 Å². The molecule has 2 heterocycles. The summed E-state index contributed by atoms with van der Waals surface area (Å²) in [5, 5.41) is 50.7. The van der Waals surface area contributed by atoms with E-state index in [9.17, 15) is 39.6 Å². The fourth-order valence-electron chi connectivity index (χ4n) is 9.85. The number of nitrogens with one attached hydrogen (secondary N) is 1. The van der Waals surface area contributed by atoms with Gasteiger partial charge in [0.25, 0.3) is 0 Å². The maximum atomic E-state index is 14.2. The first kappa shape index (κ1) is 42.3. The molecule has 2 bridgehead atoms. The number of hydrogen-bond donors (Lipinski definition) is 5. The lowest BCUT2D eigenvalue weighted by molar-refractivity contribution is -0.360. The smallest absolute Gasteiger partial charge is 0.408 e. The van der Waals surface area contributed by atoms with E-state index in [1.165, 1.54) is 25.3 Å². The molecule has 2 saturated carbocycles. The normalized spacial score (nSPS) is 35.4. The van der Waals surface area contributed by atoms with E-state index in [1.54, 1.807) is 71.9 Å². The number of fused-ring (bicyclic) bond motifs is 5. The summed E-state index contributed by atoms with van der Waals surface area (Å²) >= 11 is 0. The van der Waals surface area contributed by atoms with Crippen molar-refractivity contribution in [1.82, 2.24) is 5.32 Å². The van der Waals surface area contributed by atoms with Crippen molar-refractivity contribution in [2.75, 3.05) is 6.61 Å². The van der Waals surface area contributed by atoms with Crippen molar-refractivity contribution < 1.29 is 67.7 Å². The van der Waals surface area contributed by atoms with E-state index >= 15 is 0 Å². The Balaban J connectivity index is 1.48. The van der Waals surface area contributed by atoms with E-state index in [-0.39, 0.29) is 36.3 Å². The van der Waals surface area contributed by atoms with Gasteiger partial charge >= 0.3 is 24.0 Å². The van der Waals surface area contributed by atoms with Crippen molar-refractivity contribution in [3.8, 4) is 0 Å². The van der Waals surface area contributed by atoms with Crippen molar-refractivity contribution in [3.63, 3.8) is 0 Å². The van der Waals surface area contributed by atoms with Crippen LogP contribution in [0, 0.1) is 22.2 Å². The van der Waals surface area contributed by atoms with Gasteiger partial charge in [-0.2, -0.15) is 0 Å². The molecule has 1 saturated heterocycles. The van der Waals surface area contributed by atoms with Gasteiger partial charge < -0.3 is 53.8 Å². The van der Waals surface area contributed by atoms with Gasteiger partial charge in [-0.05, 0) is 74.9 Å². The molecule has 12 atom stereocenters. The van der Waals surface area contributed by atoms with Crippen LogP contribution >= 0.6 is 0 Å². The molecule has 3 fully saturated rings. The van der Waals surface area contributed by atoms with E-state index < -0.39 is 106 Å². The minimum absolute atomic E-state index is 0.0388. The quantitative estimate of drug-likeness (QED) is 0.145. The summed E-state index contributed by atoms with van der Waals surface area (Å²) in [5.74, 6) is -3.71. The third-order valence-electron chi connectivity index (χ3n) is 13.1. The highest BCUT2D eigenvalue weighted by Crippen LogP contribution is 2.67. The van der Waals surface area contributed by atoms with Gasteiger partial charge in [-0.3, -0.25) is 4.79 Å². The fraction of sp³-hybridized carbons (Fsp3) is 0.619. The molecule has 15 heteroatoms. The number of furan rings is 1. The number of hydrogen-bond acceptors (Lipinski definition) is 14. The highest BCUT2D eigenvalue weighted by molar-refractivity contribution is 5.89. The van der Waals surface area contributed by atoms with Gasteiger partial charge in [0.15, 0.2) is 11.7 Å². The molecule has 0 unspecified atom stereocenters. The van der Waals surface area contributed by atoms with Gasteiger partial charge in [0.2, 0.25) is 0 Å². The Hall–Kier alpha value is -4.28. The number of ether oxygens (including phenoxy) is 5. The first-order chi connectivity index (χ1) is 26.5. The van der Waals surface area contributed by atoms with Crippen LogP contribution in [0.4, 0.5) is 4.79 Å². The number of rotatable bonds is 8. The van der Waals surface area contributed by atoms with Gasteiger partial charge in [0.05, 0.1) is 36.6 Å². The van der Waals surface area contributed by atoms with Crippen LogP contribution < -0.4 is 5.32 Å². The number of esters is 3. The zero-order valence-electron chi connectivity index (χ0n) is 33.8. The Morgan fingerprint density at radius 2 is 1.63 bits per heavy atom. The summed E-state index contributed by atoms with van der Waals surface area (Å²) in [6.45, 7) is 14.7. The molecule has 15 nitrogen and oxygen atoms in total. The van der Waals surface area contributed by atoms with Crippen LogP contribution in [0.5, 0.6) is 0 Å². The Bertz CT molecular complexity index is 1890. The summed E-state index contributed by atoms with van der Waals surface area (Å²) in [6.07, 6.45) is -9.84. The maximum Gasteiger partial charge on any atom is 0.408 e. The van der Waals surface area contributed by atoms with E-state index in [4.69, 9.17) is 28.1 Å². The Morgan fingerprint density at radius 1 is 0.965 bits per heavy atom. The summed E-state index contributed by atoms with van der Waals surface area (Å²) in [6, 6.07) is 9.77. The zero-order chi connectivity index (χ0) is 42.0. The van der Waals surface area contributed by atoms with Crippen molar-refractivity contribution in [3.05, 3.63) is 71.2 Å². The summed E-state index contributed by atoms with van der Waals surface area (Å²) in [7, 11) is 0. The maximum absolute atomic E-state index is 14.2. The van der Waals surface area contributed by atoms with Gasteiger partial charge in [0.1, 0.15) is 41.8 Å². The molecule has 5 N–H and O–H groups in total. The Labute approximate surface area is 331 Å². The highest BCUT2D eigenvalue weighted by atomic mass is 16.6. The first-order valence-corrected chi connectivity index (χ1v) is 19.2. The number of carbonyl (C=O) groups excluding carboxylic acids is 4. The molecule has 1 amide bonds. The Kier molecular flexibility index (Phi) is 11.0. The molecule has 2 aromatic rings. The van der Waals surface area contributed by atoms with Crippen molar-refractivity contribution in [2.24, 2.45) is 22.2 Å². The van der Waals surface area contributed by atoms with Crippen LogP contribution in [0.25, 0.3) is 0 Å². The average Bonchev–Trinajstić information content (AvgIpc) is 3.66. The number of carbonyl (C=O) groups is 4. The van der Waals surface area contributed by atoms with Crippen LogP contribution in [0.2, 0.25) is 0 Å². The van der Waals surface area contributed by atoms with Crippen molar-refractivity contribution in [2.45, 2.75) is 135 Å². The third kappa shape index (κ3) is 7.04. The van der Waals surface area contributed by atoms with Gasteiger partial charge in [-0.25, -0.2) is 14.4 Å². The van der Waals surface area contributed by atoms with Gasteiger partial charge in [0, 0.05) is 24.2 Å². The highest BCUT2D eigenvalue weighted by Gasteiger charge is 2.77. The van der Waals surface area contributed by atoms with Gasteiger partial charge in [-0.15, -0.1) is 0 Å². The van der Waals surface area contributed by atoms with E-state index in [0.717, 1.165) is 0 Å². The Morgan fingerprint density at radius 3 is 2.19 bits per heavy atom. The molecule has 1 aromatic carbocycles. The molecule has 1 aromatic heterocycles. The van der Waals surface area contributed by atoms with E-state index in [1.807, 2.05) is 13.8 Å². The minimum atomic E-state index is -2.02. The monoisotopic (exact) mass is 797 g/mol. The second kappa shape index (κ2) is 14.8. The lowest BCUT2D eigenvalue weighted by Crippen LogP contribution is -2.81. The lowest BCUT2D eigenvalue weighted by atomic mass is 9.41. The SMILES string of the molecule is CC(=O)O[C@@]12CO[C@@H]1C[C@H](O)[C@@]1(C)[C@H](O)[C@H](O)C3=C(C)[C@@H](OC(=O)[C@H](O)[C@@H](NC(=O)OC(C)(C)C)c4ccco4)C[C@@](C)([C@@H](OC(=O)c4ccccc4)[C@H]21)C3(C)C. The first-order valence-electron chi connectivity index (χ1n) is 19.2. The van der Waals surface area contributed by atoms with Crippen LogP contribution in [0.15, 0.2) is 64.3 Å². The predicted octanol–water partition coefficient (Wildman–Crippen LogP) is 3.92. The van der Waals surface area contributed by atoms with Crippen LogP contribution in [0.3, 0.4) is 0 Å². The van der Waals surface area contributed by atoms with Crippen LogP contribution in [-0.4, -0.2) is 105 Å². The summed E-state index contributed by atoms with van der Waals surface area (Å²) in [4.78, 5) is 54.0. The molecule has 0 spiro atoms. The topological polar surface area (TPSA) is 221 Å². The molecular weight excluding hydrogens is 742 g/mol. The molecule has 1 aliphatic heterocycles. The number of amides is 1. The molecule has 57 heavy (non-hydrogen) atoms. The molecule has 312 valence electrons. The predicted molar refractivity (Wildman–Crippen MR) is 200 cm³/mol. The molecule has 0 radical (unpaired) electrons. The largest absolute Gasteiger partial charge is 0.467 e. The van der Waals surface area contributed by atoms with Crippen LogP contribution in [-0.2, 0) is 33.3 Å². The lowest BCUT2D eigenvalue weighted by Gasteiger charge is -2.69. The number of benzene rings is 1. The molecule has 6 rings (SSSR count). The third-order valence-corrected chi connectivity index (χ3v) is 13.1. The molecule has 4 aliphatic rings. The second-order valence-electron chi connectivity index (χ2n) is 17.9. The van der Waals surface area contributed by atoms with Crippen molar-refractivity contribution in [1.29, 1.82) is 0 Å². The summed E-state index contributed by atoms with van der Waals surface area (Å²) in [5.41, 5.74) is -5.71. The molecular formula is C42H55NO14. The van der Waals surface area contributed by atoms with Gasteiger partial charge in [-0.1, -0.05) is 45.9 Å². The second-order valence-corrected chi connectivity index (χ2v) is 17.9. The minimum Gasteiger partial charge on any atom is -0.467 e.